The number of halogens is 1. The number of aliphatic hydroxyl groups excluding tert-OH is 3. The molecule has 0 aromatic heterocycles. The summed E-state index contributed by atoms with van der Waals surface area (Å²) in [5.41, 5.74) is 1.28. The number of aliphatic hydroxyl groups is 3. The number of benzene rings is 2. The Kier molecular flexibility index (Phi) is 6.68. The van der Waals surface area contributed by atoms with E-state index in [2.05, 4.69) is 5.32 Å². The van der Waals surface area contributed by atoms with Crippen molar-refractivity contribution in [1.29, 1.82) is 0 Å². The molecule has 0 bridgehead atoms. The number of phenols is 1. The first kappa shape index (κ1) is 22.8. The normalized spacial score (nSPS) is 25.6. The first-order chi connectivity index (χ1) is 14.6. The predicted octanol–water partition coefficient (Wildman–Crippen LogP) is 1.15. The number of para-hydroxylation sites is 1. The summed E-state index contributed by atoms with van der Waals surface area (Å²) in [6, 6.07) is 8.89. The van der Waals surface area contributed by atoms with E-state index in [4.69, 9.17) is 26.2 Å². The molecule has 11 heteroatoms. The van der Waals surface area contributed by atoms with Crippen LogP contribution in [0.3, 0.4) is 0 Å². The average Bonchev–Trinajstić information content (AvgIpc) is 2.72. The molecule has 31 heavy (non-hydrogen) atoms. The Morgan fingerprint density at radius 3 is 2.42 bits per heavy atom. The monoisotopic (exact) mass is 453 g/mol. The van der Waals surface area contributed by atoms with Crippen molar-refractivity contribution in [3.63, 3.8) is 0 Å². The van der Waals surface area contributed by atoms with E-state index in [9.17, 15) is 30.0 Å². The lowest BCUT2D eigenvalue weighted by molar-refractivity contribution is -0.278. The molecule has 10 nitrogen and oxygen atoms in total. The summed E-state index contributed by atoms with van der Waals surface area (Å²) in [5.74, 6) is -2.69. The number of hydrogen-bond donors (Lipinski definition) is 6. The van der Waals surface area contributed by atoms with Crippen LogP contribution in [0, 0.1) is 6.92 Å². The zero-order valence-electron chi connectivity index (χ0n) is 16.1. The van der Waals surface area contributed by atoms with Crippen molar-refractivity contribution >= 4 is 34.9 Å². The number of phenolic OH excluding ortho intramolecular Hbond substituents is 1. The summed E-state index contributed by atoms with van der Waals surface area (Å²) in [6.07, 6.45) is -9.42. The highest BCUT2D eigenvalue weighted by molar-refractivity contribution is 6.31. The Morgan fingerprint density at radius 1 is 1.06 bits per heavy atom. The molecule has 5 atom stereocenters. The van der Waals surface area contributed by atoms with Gasteiger partial charge in [0.1, 0.15) is 24.1 Å². The lowest BCUT2D eigenvalue weighted by Gasteiger charge is -2.38. The van der Waals surface area contributed by atoms with E-state index in [1.165, 1.54) is 18.2 Å². The van der Waals surface area contributed by atoms with E-state index in [-0.39, 0.29) is 17.0 Å². The van der Waals surface area contributed by atoms with Crippen molar-refractivity contribution in [2.75, 3.05) is 5.32 Å². The number of anilines is 2. The van der Waals surface area contributed by atoms with Gasteiger partial charge in [-0.3, -0.25) is 0 Å². The van der Waals surface area contributed by atoms with Crippen LogP contribution in [0.2, 0.25) is 5.02 Å². The van der Waals surface area contributed by atoms with Gasteiger partial charge in [0, 0.05) is 16.8 Å². The highest BCUT2D eigenvalue weighted by Gasteiger charge is 2.48. The van der Waals surface area contributed by atoms with Crippen molar-refractivity contribution in [3.8, 4) is 5.75 Å². The van der Waals surface area contributed by atoms with Crippen molar-refractivity contribution in [2.24, 2.45) is 0 Å². The summed E-state index contributed by atoms with van der Waals surface area (Å²) in [6.45, 7) is 1.70. The Bertz CT molecular complexity index is 999. The maximum absolute atomic E-state index is 12.7. The van der Waals surface area contributed by atoms with Crippen LogP contribution in [0.5, 0.6) is 5.75 Å². The minimum atomic E-state index is -1.91. The fraction of sp³-hybridized carbons (Fsp3) is 0.300. The van der Waals surface area contributed by atoms with Crippen LogP contribution in [0.25, 0.3) is 0 Å². The van der Waals surface area contributed by atoms with Gasteiger partial charge in [-0.15, -0.1) is 0 Å². The van der Waals surface area contributed by atoms with E-state index in [0.717, 1.165) is 0 Å². The van der Waals surface area contributed by atoms with Gasteiger partial charge in [-0.1, -0.05) is 23.7 Å². The largest absolute Gasteiger partial charge is 0.508 e. The summed E-state index contributed by atoms with van der Waals surface area (Å²) in [7, 11) is 0. The lowest BCUT2D eigenvalue weighted by atomic mass is 9.99. The maximum atomic E-state index is 12.7. The maximum Gasteiger partial charge on any atom is 0.342 e. The summed E-state index contributed by atoms with van der Waals surface area (Å²) in [4.78, 5) is 23.9. The average molecular weight is 454 g/mol. The zero-order chi connectivity index (χ0) is 22.9. The Labute approximate surface area is 181 Å². The Hall–Kier alpha value is -2.89. The number of carbonyl (C=O) groups is 2. The van der Waals surface area contributed by atoms with Gasteiger partial charge < -0.3 is 40.3 Å². The lowest BCUT2D eigenvalue weighted by Crippen LogP contribution is -2.60. The van der Waals surface area contributed by atoms with Crippen LogP contribution in [-0.2, 0) is 14.3 Å². The van der Waals surface area contributed by atoms with Crippen LogP contribution < -0.4 is 5.32 Å². The van der Waals surface area contributed by atoms with Gasteiger partial charge >= 0.3 is 11.9 Å². The third-order valence-corrected chi connectivity index (χ3v) is 5.17. The predicted molar refractivity (Wildman–Crippen MR) is 107 cm³/mol. The van der Waals surface area contributed by atoms with Gasteiger partial charge in [-0.05, 0) is 30.7 Å². The molecule has 1 fully saturated rings. The Morgan fingerprint density at radius 2 is 1.74 bits per heavy atom. The number of hydrogen-bond acceptors (Lipinski definition) is 9. The number of ether oxygens (including phenoxy) is 2. The minimum absolute atomic E-state index is 0.00958. The molecule has 0 aliphatic carbocycles. The molecule has 0 spiro atoms. The van der Waals surface area contributed by atoms with Crippen LogP contribution in [-0.4, -0.2) is 68.2 Å². The molecule has 2 aromatic carbocycles. The number of nitrogens with one attached hydrogen (secondary N) is 1. The molecule has 1 aliphatic heterocycles. The SMILES string of the molecule is Cc1c(Cl)cc(O)cc1Nc1ccccc1C(=O)O[C@@H]1O[C@H](C(=O)O)[C@@H](O)[C@H](O)[C@H]1O. The summed E-state index contributed by atoms with van der Waals surface area (Å²) >= 11 is 6.07. The van der Waals surface area contributed by atoms with Gasteiger partial charge in [0.15, 0.2) is 6.10 Å². The van der Waals surface area contributed by atoms with Gasteiger partial charge in [0.25, 0.3) is 0 Å². The van der Waals surface area contributed by atoms with Crippen molar-refractivity contribution in [1.82, 2.24) is 0 Å². The molecule has 6 N–H and O–H groups in total. The second-order valence-corrected chi connectivity index (χ2v) is 7.32. The molecule has 0 saturated carbocycles. The molecule has 166 valence electrons. The fourth-order valence-electron chi connectivity index (χ4n) is 3.03. The van der Waals surface area contributed by atoms with E-state index in [1.807, 2.05) is 0 Å². The number of aliphatic carboxylic acids is 1. The second-order valence-electron chi connectivity index (χ2n) is 6.91. The second kappa shape index (κ2) is 9.08. The first-order valence-corrected chi connectivity index (χ1v) is 9.46. The molecule has 2 aromatic rings. The molecular formula is C20H20ClNO9. The Balaban J connectivity index is 1.84. The molecule has 0 radical (unpaired) electrons. The highest BCUT2D eigenvalue weighted by atomic mass is 35.5. The van der Waals surface area contributed by atoms with Crippen LogP contribution in [0.4, 0.5) is 11.4 Å². The van der Waals surface area contributed by atoms with E-state index in [1.54, 1.807) is 25.1 Å². The molecule has 3 rings (SSSR count). The van der Waals surface area contributed by atoms with Crippen molar-refractivity contribution in [3.05, 3.63) is 52.5 Å². The third-order valence-electron chi connectivity index (χ3n) is 4.78. The first-order valence-electron chi connectivity index (χ1n) is 9.08. The van der Waals surface area contributed by atoms with E-state index >= 15 is 0 Å². The van der Waals surface area contributed by atoms with E-state index < -0.39 is 42.6 Å². The number of carbonyl (C=O) groups excluding carboxylic acids is 1. The number of esters is 1. The number of carboxylic acids is 1. The van der Waals surface area contributed by atoms with Crippen molar-refractivity contribution < 1.29 is 44.6 Å². The molecule has 1 saturated heterocycles. The highest BCUT2D eigenvalue weighted by Crippen LogP contribution is 2.32. The zero-order valence-corrected chi connectivity index (χ0v) is 16.9. The third kappa shape index (κ3) is 4.73. The number of aromatic hydroxyl groups is 1. The number of rotatable bonds is 5. The van der Waals surface area contributed by atoms with Crippen LogP contribution in [0.15, 0.2) is 36.4 Å². The topological polar surface area (TPSA) is 166 Å². The molecule has 0 amide bonds. The number of carboxylic acid groups (broad SMARTS) is 1. The summed E-state index contributed by atoms with van der Waals surface area (Å²) in [5, 5.41) is 51.8. The minimum Gasteiger partial charge on any atom is -0.508 e. The van der Waals surface area contributed by atoms with E-state index in [0.29, 0.717) is 16.3 Å². The van der Waals surface area contributed by atoms with Gasteiger partial charge in [-0.25, -0.2) is 9.59 Å². The smallest absolute Gasteiger partial charge is 0.342 e. The van der Waals surface area contributed by atoms with Crippen molar-refractivity contribution in [2.45, 2.75) is 37.6 Å². The molecule has 1 heterocycles. The van der Waals surface area contributed by atoms with Gasteiger partial charge in [0.05, 0.1) is 11.3 Å². The summed E-state index contributed by atoms with van der Waals surface area (Å²) < 4.78 is 10.1. The molecular weight excluding hydrogens is 434 g/mol. The standard InChI is InChI=1S/C20H20ClNO9/c1-8-11(21)6-9(23)7-13(8)22-12-5-3-2-4-10(12)19(29)31-20-16(26)14(24)15(25)17(30-20)18(27)28/h2-7,14-17,20,22-26H,1H3,(H,27,28)/t14-,15-,16+,17-,20-/m0/s1. The quantitative estimate of drug-likeness (QED) is 0.361. The van der Waals surface area contributed by atoms with Crippen LogP contribution in [0.1, 0.15) is 15.9 Å². The van der Waals surface area contributed by atoms with Gasteiger partial charge in [-0.2, -0.15) is 0 Å². The molecule has 0 unspecified atom stereocenters. The molecule has 1 aliphatic rings. The van der Waals surface area contributed by atoms with Gasteiger partial charge in [0.2, 0.25) is 6.29 Å². The van der Waals surface area contributed by atoms with Crippen LogP contribution >= 0.6 is 11.6 Å². The fourth-order valence-corrected chi connectivity index (χ4v) is 3.24.